The topological polar surface area (TPSA) is 86.7 Å². The van der Waals surface area contributed by atoms with Crippen LogP contribution in [0, 0.1) is 6.92 Å². The van der Waals surface area contributed by atoms with Crippen molar-refractivity contribution in [2.24, 2.45) is 4.99 Å². The maximum absolute atomic E-state index is 12.3. The fourth-order valence-corrected chi connectivity index (χ4v) is 3.94. The number of piperidine rings is 1. The summed E-state index contributed by atoms with van der Waals surface area (Å²) in [6.07, 6.45) is 3.88. The van der Waals surface area contributed by atoms with E-state index in [0.717, 1.165) is 38.3 Å². The second kappa shape index (κ2) is 11.3. The highest BCUT2D eigenvalue weighted by molar-refractivity contribution is 14.0. The zero-order valence-electron chi connectivity index (χ0n) is 18.2. The van der Waals surface area contributed by atoms with Crippen LogP contribution in [0.5, 0.6) is 0 Å². The van der Waals surface area contributed by atoms with Crippen LogP contribution in [0.1, 0.15) is 46.1 Å². The number of pyridine rings is 1. The van der Waals surface area contributed by atoms with E-state index in [1.165, 1.54) is 5.56 Å². The minimum absolute atomic E-state index is 0. The lowest BCUT2D eigenvalue weighted by Gasteiger charge is -2.33. The molecule has 7 nitrogen and oxygen atoms in total. The molecule has 0 bridgehead atoms. The number of hydrogen-bond donors (Lipinski definition) is 2. The number of nitrogens with one attached hydrogen (secondary N) is 2. The first-order valence-electron chi connectivity index (χ1n) is 10.1. The fraction of sp³-hybridized carbons (Fsp3) is 0.700. The normalized spacial score (nSPS) is 16.3. The van der Waals surface area contributed by atoms with Gasteiger partial charge in [0.2, 0.25) is 0 Å². The minimum Gasteiger partial charge on any atom is -0.357 e. The quantitative estimate of drug-likeness (QED) is 0.330. The number of nitrogens with zero attached hydrogens (tertiary/aromatic N) is 3. The number of sulfone groups is 1. The predicted molar refractivity (Wildman–Crippen MR) is 132 cm³/mol. The van der Waals surface area contributed by atoms with E-state index in [4.69, 9.17) is 0 Å². The van der Waals surface area contributed by atoms with Crippen molar-refractivity contribution >= 4 is 45.6 Å². The molecule has 2 heterocycles. The zero-order valence-corrected chi connectivity index (χ0v) is 21.4. The molecule has 29 heavy (non-hydrogen) atoms. The minimum atomic E-state index is -3.16. The summed E-state index contributed by atoms with van der Waals surface area (Å²) in [4.78, 5) is 11.3. The molecule has 0 aliphatic carbocycles. The summed E-state index contributed by atoms with van der Waals surface area (Å²) in [5, 5.41) is 6.68. The Hall–Kier alpha value is -1.10. The van der Waals surface area contributed by atoms with Gasteiger partial charge in [0, 0.05) is 31.9 Å². The van der Waals surface area contributed by atoms with Crippen LogP contribution in [-0.2, 0) is 9.84 Å². The van der Waals surface area contributed by atoms with Crippen LogP contribution in [-0.4, -0.2) is 62.1 Å². The van der Waals surface area contributed by atoms with Crippen molar-refractivity contribution in [3.63, 3.8) is 0 Å². The average Bonchev–Trinajstić information content (AvgIpc) is 2.62. The number of aliphatic imine (C=N–C) groups is 1. The van der Waals surface area contributed by atoms with E-state index < -0.39 is 14.6 Å². The van der Waals surface area contributed by atoms with Crippen LogP contribution >= 0.6 is 24.0 Å². The summed E-state index contributed by atoms with van der Waals surface area (Å²) in [6, 6.07) is 4.48. The molecule has 0 saturated carbocycles. The Morgan fingerprint density at radius 3 is 2.45 bits per heavy atom. The third-order valence-electron chi connectivity index (χ3n) is 4.96. The summed E-state index contributed by atoms with van der Waals surface area (Å²) >= 11 is 0. The van der Waals surface area contributed by atoms with Crippen LogP contribution in [0.4, 0.5) is 5.82 Å². The molecule has 166 valence electrons. The van der Waals surface area contributed by atoms with Crippen LogP contribution in [0.2, 0.25) is 0 Å². The van der Waals surface area contributed by atoms with E-state index in [1.54, 1.807) is 20.8 Å². The highest BCUT2D eigenvalue weighted by atomic mass is 127. The monoisotopic (exact) mass is 537 g/mol. The number of hydrogen-bond acceptors (Lipinski definition) is 5. The molecule has 2 N–H and O–H groups in total. The van der Waals surface area contributed by atoms with Gasteiger partial charge in [0.15, 0.2) is 15.8 Å². The van der Waals surface area contributed by atoms with E-state index in [2.05, 4.69) is 37.6 Å². The Balaban J connectivity index is 0.00000420. The van der Waals surface area contributed by atoms with Gasteiger partial charge in [-0.2, -0.15) is 0 Å². The molecule has 0 atom stereocenters. The molecule has 0 amide bonds. The molecule has 2 rings (SSSR count). The summed E-state index contributed by atoms with van der Waals surface area (Å²) in [5.74, 6) is 1.78. The standard InChI is InChI=1S/C20H35N5O2S.HI/c1-6-21-19(22-11-14-28(26,27)20(3,4)5)24-17-9-12-25(13-10-17)18-8-7-16(2)15-23-18;/h7-8,15,17H,6,9-14H2,1-5H3,(H2,21,22,24);1H. The van der Waals surface area contributed by atoms with Crippen molar-refractivity contribution in [3.05, 3.63) is 23.9 Å². The lowest BCUT2D eigenvalue weighted by molar-refractivity contribution is 0.459. The van der Waals surface area contributed by atoms with Crippen molar-refractivity contribution in [2.45, 2.75) is 58.2 Å². The second-order valence-corrected chi connectivity index (χ2v) is 11.2. The predicted octanol–water partition coefficient (Wildman–Crippen LogP) is 2.75. The van der Waals surface area contributed by atoms with Gasteiger partial charge in [-0.25, -0.2) is 13.4 Å². The molecular formula is C20H36IN5O2S. The van der Waals surface area contributed by atoms with E-state index in [-0.39, 0.29) is 36.3 Å². The van der Waals surface area contributed by atoms with Crippen molar-refractivity contribution in [2.75, 3.05) is 36.8 Å². The van der Waals surface area contributed by atoms with Gasteiger partial charge < -0.3 is 15.5 Å². The number of aryl methyl sites for hydroxylation is 1. The molecule has 1 saturated heterocycles. The first kappa shape index (κ1) is 25.9. The third-order valence-corrected chi connectivity index (χ3v) is 7.55. The Labute approximate surface area is 193 Å². The van der Waals surface area contributed by atoms with Gasteiger partial charge in [0.1, 0.15) is 5.82 Å². The number of halogens is 1. The van der Waals surface area contributed by atoms with Gasteiger partial charge in [-0.15, -0.1) is 24.0 Å². The molecule has 0 unspecified atom stereocenters. The Morgan fingerprint density at radius 2 is 1.93 bits per heavy atom. The maximum Gasteiger partial charge on any atom is 0.191 e. The van der Waals surface area contributed by atoms with Crippen LogP contribution < -0.4 is 15.5 Å². The van der Waals surface area contributed by atoms with E-state index in [1.807, 2.05) is 20.0 Å². The molecule has 1 fully saturated rings. The summed E-state index contributed by atoms with van der Waals surface area (Å²) in [5.41, 5.74) is 1.17. The summed E-state index contributed by atoms with van der Waals surface area (Å²) in [6.45, 7) is 12.1. The molecule has 1 aliphatic rings. The van der Waals surface area contributed by atoms with Crippen LogP contribution in [0.25, 0.3) is 0 Å². The molecule has 1 aliphatic heterocycles. The van der Waals surface area contributed by atoms with Crippen LogP contribution in [0.15, 0.2) is 23.3 Å². The molecular weight excluding hydrogens is 501 g/mol. The number of aromatic nitrogens is 1. The largest absolute Gasteiger partial charge is 0.357 e. The Morgan fingerprint density at radius 1 is 1.28 bits per heavy atom. The highest BCUT2D eigenvalue weighted by Gasteiger charge is 2.28. The van der Waals surface area contributed by atoms with E-state index in [0.29, 0.717) is 12.0 Å². The first-order chi connectivity index (χ1) is 13.1. The van der Waals surface area contributed by atoms with Gasteiger partial charge in [0.05, 0.1) is 17.0 Å². The van der Waals surface area contributed by atoms with Crippen LogP contribution in [0.3, 0.4) is 0 Å². The van der Waals surface area contributed by atoms with Crippen molar-refractivity contribution in [3.8, 4) is 0 Å². The molecule has 0 aromatic carbocycles. The van der Waals surface area contributed by atoms with Crippen molar-refractivity contribution in [1.82, 2.24) is 15.6 Å². The first-order valence-corrected chi connectivity index (χ1v) is 11.7. The van der Waals surface area contributed by atoms with Gasteiger partial charge >= 0.3 is 0 Å². The number of rotatable bonds is 6. The smallest absolute Gasteiger partial charge is 0.191 e. The van der Waals surface area contributed by atoms with E-state index >= 15 is 0 Å². The fourth-order valence-electron chi connectivity index (χ4n) is 3.00. The SMILES string of the molecule is CCNC(=NCCS(=O)(=O)C(C)(C)C)NC1CCN(c2ccc(C)cn2)CC1.I. The average molecular weight is 538 g/mol. The van der Waals surface area contributed by atoms with Gasteiger partial charge in [-0.05, 0) is 59.1 Å². The summed E-state index contributed by atoms with van der Waals surface area (Å²) in [7, 11) is -3.16. The number of anilines is 1. The lowest BCUT2D eigenvalue weighted by Crippen LogP contribution is -2.49. The van der Waals surface area contributed by atoms with Gasteiger partial charge in [0.25, 0.3) is 0 Å². The lowest BCUT2D eigenvalue weighted by atomic mass is 10.1. The third kappa shape index (κ3) is 7.92. The van der Waals surface area contributed by atoms with Gasteiger partial charge in [-0.1, -0.05) is 6.07 Å². The Bertz CT molecular complexity index is 752. The molecule has 0 radical (unpaired) electrons. The summed E-state index contributed by atoms with van der Waals surface area (Å²) < 4.78 is 23.8. The second-order valence-electron chi connectivity index (χ2n) is 8.29. The molecule has 1 aromatic heterocycles. The maximum atomic E-state index is 12.3. The Kier molecular flexibility index (Phi) is 10.1. The molecule has 9 heteroatoms. The molecule has 1 aromatic rings. The van der Waals surface area contributed by atoms with Crippen molar-refractivity contribution < 1.29 is 8.42 Å². The van der Waals surface area contributed by atoms with Gasteiger partial charge in [-0.3, -0.25) is 4.99 Å². The highest BCUT2D eigenvalue weighted by Crippen LogP contribution is 2.18. The van der Waals surface area contributed by atoms with E-state index in [9.17, 15) is 8.42 Å². The van der Waals surface area contributed by atoms with Crippen molar-refractivity contribution in [1.29, 1.82) is 0 Å². The number of guanidine groups is 1. The molecule has 0 spiro atoms. The zero-order chi connectivity index (χ0) is 20.8.